The summed E-state index contributed by atoms with van der Waals surface area (Å²) in [6.45, 7) is 7.48. The standard InChI is InChI=1S/C14H18/c1-3-8-13(4-2)11-12-14-9-6-5-7-10-14/h3-4,6,8-10H,1-2,5,7,11-12H2/b13-8+. The van der Waals surface area contributed by atoms with Gasteiger partial charge in [-0.3, -0.25) is 0 Å². The summed E-state index contributed by atoms with van der Waals surface area (Å²) < 4.78 is 0. The average Bonchev–Trinajstić information content (AvgIpc) is 2.25. The van der Waals surface area contributed by atoms with Crippen molar-refractivity contribution in [1.82, 2.24) is 0 Å². The SMILES string of the molecule is C=C/C=C(\C=C)CCC1=CCCC=C1. The summed E-state index contributed by atoms with van der Waals surface area (Å²) in [5.74, 6) is 0. The van der Waals surface area contributed by atoms with Crippen LogP contribution < -0.4 is 0 Å². The molecule has 0 fully saturated rings. The Kier molecular flexibility index (Phi) is 4.77. The van der Waals surface area contributed by atoms with Gasteiger partial charge >= 0.3 is 0 Å². The molecular formula is C14H18. The first-order valence-electron chi connectivity index (χ1n) is 5.16. The van der Waals surface area contributed by atoms with E-state index >= 15 is 0 Å². The average molecular weight is 186 g/mol. The maximum absolute atomic E-state index is 3.79. The molecule has 0 N–H and O–H groups in total. The van der Waals surface area contributed by atoms with Crippen molar-refractivity contribution in [3.05, 3.63) is 60.8 Å². The van der Waals surface area contributed by atoms with Gasteiger partial charge in [0, 0.05) is 0 Å². The van der Waals surface area contributed by atoms with E-state index in [9.17, 15) is 0 Å². The Bertz CT molecular complexity index is 287. The van der Waals surface area contributed by atoms with E-state index in [0.29, 0.717) is 0 Å². The molecule has 1 rings (SSSR count). The van der Waals surface area contributed by atoms with Gasteiger partial charge in [-0.05, 0) is 31.3 Å². The molecule has 0 heteroatoms. The van der Waals surface area contributed by atoms with Gasteiger partial charge in [0.05, 0.1) is 0 Å². The summed E-state index contributed by atoms with van der Waals surface area (Å²) in [6.07, 6.45) is 17.1. The van der Waals surface area contributed by atoms with E-state index in [1.54, 1.807) is 0 Å². The summed E-state index contributed by atoms with van der Waals surface area (Å²) in [7, 11) is 0. The van der Waals surface area contributed by atoms with Crippen LogP contribution in [0.4, 0.5) is 0 Å². The highest BCUT2D eigenvalue weighted by molar-refractivity contribution is 5.26. The highest BCUT2D eigenvalue weighted by Gasteiger charge is 1.98. The fourth-order valence-corrected chi connectivity index (χ4v) is 1.55. The lowest BCUT2D eigenvalue weighted by Crippen LogP contribution is -1.87. The lowest BCUT2D eigenvalue weighted by atomic mass is 9.99. The second kappa shape index (κ2) is 6.20. The second-order valence-electron chi connectivity index (χ2n) is 3.44. The molecule has 0 radical (unpaired) electrons. The number of hydrogen-bond donors (Lipinski definition) is 0. The predicted octanol–water partition coefficient (Wildman–Crippen LogP) is 4.34. The van der Waals surface area contributed by atoms with Crippen LogP contribution in [0.25, 0.3) is 0 Å². The Morgan fingerprint density at radius 2 is 2.21 bits per heavy atom. The molecule has 0 aromatic carbocycles. The van der Waals surface area contributed by atoms with E-state index in [1.807, 2.05) is 18.2 Å². The fraction of sp³-hybridized carbons (Fsp3) is 0.286. The third-order valence-corrected chi connectivity index (χ3v) is 2.37. The highest BCUT2D eigenvalue weighted by atomic mass is 14.0. The molecule has 0 aliphatic heterocycles. The van der Waals surface area contributed by atoms with E-state index in [1.165, 1.54) is 24.0 Å². The minimum Gasteiger partial charge on any atom is -0.0991 e. The fourth-order valence-electron chi connectivity index (χ4n) is 1.55. The van der Waals surface area contributed by atoms with Gasteiger partial charge in [0.2, 0.25) is 0 Å². The van der Waals surface area contributed by atoms with Crippen LogP contribution in [0.1, 0.15) is 25.7 Å². The lowest BCUT2D eigenvalue weighted by Gasteiger charge is -2.06. The van der Waals surface area contributed by atoms with Crippen LogP contribution in [-0.2, 0) is 0 Å². The predicted molar refractivity (Wildman–Crippen MR) is 64.2 cm³/mol. The van der Waals surface area contributed by atoms with Crippen LogP contribution in [0.3, 0.4) is 0 Å². The van der Waals surface area contributed by atoms with E-state index in [0.717, 1.165) is 12.8 Å². The Hall–Kier alpha value is -1.30. The molecule has 0 heterocycles. The molecule has 0 saturated heterocycles. The van der Waals surface area contributed by atoms with Gasteiger partial charge in [-0.2, -0.15) is 0 Å². The van der Waals surface area contributed by atoms with E-state index in [4.69, 9.17) is 0 Å². The minimum atomic E-state index is 1.06. The molecule has 0 nitrogen and oxygen atoms in total. The molecule has 0 bridgehead atoms. The van der Waals surface area contributed by atoms with E-state index < -0.39 is 0 Å². The Labute approximate surface area is 87.0 Å². The molecule has 1 aliphatic rings. The van der Waals surface area contributed by atoms with Crippen molar-refractivity contribution >= 4 is 0 Å². The molecule has 0 aromatic rings. The first kappa shape index (κ1) is 10.8. The van der Waals surface area contributed by atoms with Gasteiger partial charge in [0.1, 0.15) is 0 Å². The molecule has 0 amide bonds. The number of rotatable bonds is 5. The molecule has 0 spiro atoms. The normalized spacial score (nSPS) is 16.3. The Balaban J connectivity index is 2.42. The molecule has 74 valence electrons. The van der Waals surface area contributed by atoms with Crippen LogP contribution >= 0.6 is 0 Å². The zero-order valence-corrected chi connectivity index (χ0v) is 8.71. The van der Waals surface area contributed by atoms with E-state index in [-0.39, 0.29) is 0 Å². The third kappa shape index (κ3) is 3.61. The van der Waals surface area contributed by atoms with Gasteiger partial charge in [0.25, 0.3) is 0 Å². The summed E-state index contributed by atoms with van der Waals surface area (Å²) in [5.41, 5.74) is 2.72. The Morgan fingerprint density at radius 3 is 2.79 bits per heavy atom. The third-order valence-electron chi connectivity index (χ3n) is 2.37. The smallest absolute Gasteiger partial charge is 0.0239 e. The molecule has 0 unspecified atom stereocenters. The maximum atomic E-state index is 3.79. The molecule has 0 atom stereocenters. The van der Waals surface area contributed by atoms with Crippen LogP contribution in [0.15, 0.2) is 60.8 Å². The molecule has 14 heavy (non-hydrogen) atoms. The van der Waals surface area contributed by atoms with Crippen LogP contribution in [0.2, 0.25) is 0 Å². The quantitative estimate of drug-likeness (QED) is 0.560. The van der Waals surface area contributed by atoms with Crippen LogP contribution in [0.5, 0.6) is 0 Å². The van der Waals surface area contributed by atoms with Crippen molar-refractivity contribution in [3.63, 3.8) is 0 Å². The van der Waals surface area contributed by atoms with Gasteiger partial charge < -0.3 is 0 Å². The van der Waals surface area contributed by atoms with Crippen molar-refractivity contribution in [2.45, 2.75) is 25.7 Å². The van der Waals surface area contributed by atoms with Crippen LogP contribution in [0, 0.1) is 0 Å². The second-order valence-corrected chi connectivity index (χ2v) is 3.44. The maximum Gasteiger partial charge on any atom is -0.0239 e. The lowest BCUT2D eigenvalue weighted by molar-refractivity contribution is 0.924. The zero-order valence-electron chi connectivity index (χ0n) is 8.71. The molecule has 0 aromatic heterocycles. The highest BCUT2D eigenvalue weighted by Crippen LogP contribution is 2.18. The molecule has 0 saturated carbocycles. The monoisotopic (exact) mass is 186 g/mol. The van der Waals surface area contributed by atoms with Crippen LogP contribution in [-0.4, -0.2) is 0 Å². The summed E-state index contributed by atoms with van der Waals surface area (Å²) in [6, 6.07) is 0. The van der Waals surface area contributed by atoms with Gasteiger partial charge in [-0.15, -0.1) is 0 Å². The largest absolute Gasteiger partial charge is 0.0991 e. The number of hydrogen-bond acceptors (Lipinski definition) is 0. The van der Waals surface area contributed by atoms with Crippen molar-refractivity contribution in [3.8, 4) is 0 Å². The van der Waals surface area contributed by atoms with Crippen molar-refractivity contribution < 1.29 is 0 Å². The first-order valence-corrected chi connectivity index (χ1v) is 5.16. The molecular weight excluding hydrogens is 168 g/mol. The van der Waals surface area contributed by atoms with Crippen molar-refractivity contribution in [2.75, 3.05) is 0 Å². The number of allylic oxidation sites excluding steroid dienone is 8. The molecule has 1 aliphatic carbocycles. The van der Waals surface area contributed by atoms with Gasteiger partial charge in [0.15, 0.2) is 0 Å². The van der Waals surface area contributed by atoms with Crippen molar-refractivity contribution in [2.24, 2.45) is 0 Å². The van der Waals surface area contributed by atoms with E-state index in [2.05, 4.69) is 31.4 Å². The summed E-state index contributed by atoms with van der Waals surface area (Å²) in [4.78, 5) is 0. The topological polar surface area (TPSA) is 0 Å². The zero-order chi connectivity index (χ0) is 10.2. The van der Waals surface area contributed by atoms with Crippen molar-refractivity contribution in [1.29, 1.82) is 0 Å². The summed E-state index contributed by atoms with van der Waals surface area (Å²) >= 11 is 0. The van der Waals surface area contributed by atoms with Gasteiger partial charge in [-0.25, -0.2) is 0 Å². The Morgan fingerprint density at radius 1 is 1.36 bits per heavy atom. The van der Waals surface area contributed by atoms with Gasteiger partial charge in [-0.1, -0.05) is 55.2 Å². The first-order chi connectivity index (χ1) is 6.86. The summed E-state index contributed by atoms with van der Waals surface area (Å²) in [5, 5.41) is 0. The minimum absolute atomic E-state index is 1.06.